The lowest BCUT2D eigenvalue weighted by Gasteiger charge is -2.05. The molecule has 2 rings (SSSR count). The van der Waals surface area contributed by atoms with Crippen LogP contribution in [0.3, 0.4) is 0 Å². The van der Waals surface area contributed by atoms with Crippen molar-refractivity contribution < 1.29 is 4.74 Å². The van der Waals surface area contributed by atoms with Gasteiger partial charge in [-0.25, -0.2) is 0 Å². The van der Waals surface area contributed by atoms with Crippen LogP contribution in [0.25, 0.3) is 0 Å². The first-order valence-corrected chi connectivity index (χ1v) is 4.66. The molecule has 1 heterocycles. The zero-order chi connectivity index (χ0) is 8.72. The summed E-state index contributed by atoms with van der Waals surface area (Å²) in [6.07, 6.45) is 0. The first kappa shape index (κ1) is 8.08. The summed E-state index contributed by atoms with van der Waals surface area (Å²) in [5.41, 5.74) is 8.21. The SMILES string of the molecule is Cc1cc(Br)cc2c1[C@H](N)CO2. The van der Waals surface area contributed by atoms with Gasteiger partial charge < -0.3 is 10.5 Å². The van der Waals surface area contributed by atoms with Crippen LogP contribution in [0.5, 0.6) is 5.75 Å². The molecule has 64 valence electrons. The number of ether oxygens (including phenoxy) is 1. The first-order chi connectivity index (χ1) is 5.68. The summed E-state index contributed by atoms with van der Waals surface area (Å²) in [4.78, 5) is 0. The summed E-state index contributed by atoms with van der Waals surface area (Å²) in [7, 11) is 0. The minimum absolute atomic E-state index is 0.0492. The normalized spacial score (nSPS) is 20.4. The number of hydrogen-bond acceptors (Lipinski definition) is 2. The summed E-state index contributed by atoms with van der Waals surface area (Å²) < 4.78 is 6.47. The molecule has 12 heavy (non-hydrogen) atoms. The Morgan fingerprint density at radius 3 is 3.08 bits per heavy atom. The molecular formula is C9H10BrNO. The Labute approximate surface area is 79.8 Å². The van der Waals surface area contributed by atoms with Crippen molar-refractivity contribution in [3.05, 3.63) is 27.7 Å². The standard InChI is InChI=1S/C9H10BrNO/c1-5-2-6(10)3-8-9(5)7(11)4-12-8/h2-3,7H,4,11H2,1H3/t7-/m1/s1. The van der Waals surface area contributed by atoms with Gasteiger partial charge in [-0.05, 0) is 24.6 Å². The van der Waals surface area contributed by atoms with E-state index in [2.05, 4.69) is 28.9 Å². The van der Waals surface area contributed by atoms with Crippen LogP contribution in [-0.4, -0.2) is 6.61 Å². The van der Waals surface area contributed by atoms with E-state index in [0.29, 0.717) is 6.61 Å². The molecule has 0 radical (unpaired) electrons. The molecule has 0 aliphatic carbocycles. The lowest BCUT2D eigenvalue weighted by atomic mass is 10.0. The Kier molecular flexibility index (Phi) is 1.85. The Morgan fingerprint density at radius 2 is 2.33 bits per heavy atom. The van der Waals surface area contributed by atoms with Gasteiger partial charge in [0.1, 0.15) is 12.4 Å². The second kappa shape index (κ2) is 2.75. The number of aryl methyl sites for hydroxylation is 1. The molecule has 1 aromatic rings. The van der Waals surface area contributed by atoms with Gasteiger partial charge in [0.05, 0.1) is 6.04 Å². The molecular weight excluding hydrogens is 218 g/mol. The second-order valence-electron chi connectivity index (χ2n) is 3.05. The number of nitrogens with two attached hydrogens (primary N) is 1. The predicted molar refractivity (Wildman–Crippen MR) is 51.3 cm³/mol. The van der Waals surface area contributed by atoms with E-state index < -0.39 is 0 Å². The van der Waals surface area contributed by atoms with Crippen LogP contribution in [-0.2, 0) is 0 Å². The van der Waals surface area contributed by atoms with E-state index in [-0.39, 0.29) is 6.04 Å². The van der Waals surface area contributed by atoms with Crippen molar-refractivity contribution in [3.8, 4) is 5.75 Å². The Hall–Kier alpha value is -0.540. The minimum Gasteiger partial charge on any atom is -0.491 e. The third-order valence-electron chi connectivity index (χ3n) is 2.10. The van der Waals surface area contributed by atoms with Gasteiger partial charge >= 0.3 is 0 Å². The summed E-state index contributed by atoms with van der Waals surface area (Å²) in [6, 6.07) is 4.08. The first-order valence-electron chi connectivity index (χ1n) is 3.87. The fraction of sp³-hybridized carbons (Fsp3) is 0.333. The fourth-order valence-corrected chi connectivity index (χ4v) is 2.13. The second-order valence-corrected chi connectivity index (χ2v) is 3.97. The van der Waals surface area contributed by atoms with E-state index in [9.17, 15) is 0 Å². The largest absolute Gasteiger partial charge is 0.491 e. The number of fused-ring (bicyclic) bond motifs is 1. The number of benzene rings is 1. The van der Waals surface area contributed by atoms with E-state index in [1.54, 1.807) is 0 Å². The Balaban J connectivity index is 2.60. The molecule has 0 aromatic heterocycles. The maximum atomic E-state index is 5.86. The van der Waals surface area contributed by atoms with Gasteiger partial charge in [-0.3, -0.25) is 0 Å². The third-order valence-corrected chi connectivity index (χ3v) is 2.56. The molecule has 0 fully saturated rings. The molecule has 0 bridgehead atoms. The van der Waals surface area contributed by atoms with Crippen LogP contribution >= 0.6 is 15.9 Å². The molecule has 1 aliphatic heterocycles. The van der Waals surface area contributed by atoms with Crippen molar-refractivity contribution in [2.75, 3.05) is 6.61 Å². The topological polar surface area (TPSA) is 35.2 Å². The van der Waals surface area contributed by atoms with Gasteiger partial charge in [-0.2, -0.15) is 0 Å². The average molecular weight is 228 g/mol. The van der Waals surface area contributed by atoms with Crippen LogP contribution in [0.2, 0.25) is 0 Å². The fourth-order valence-electron chi connectivity index (χ4n) is 1.58. The predicted octanol–water partition coefficient (Wildman–Crippen LogP) is 2.15. The van der Waals surface area contributed by atoms with Gasteiger partial charge in [-0.15, -0.1) is 0 Å². The number of halogens is 1. The summed E-state index contributed by atoms with van der Waals surface area (Å²) in [6.45, 7) is 2.66. The average Bonchev–Trinajstić information content (AvgIpc) is 2.31. The van der Waals surface area contributed by atoms with Crippen molar-refractivity contribution in [2.45, 2.75) is 13.0 Å². The third kappa shape index (κ3) is 1.13. The van der Waals surface area contributed by atoms with Crippen molar-refractivity contribution in [3.63, 3.8) is 0 Å². The molecule has 1 aromatic carbocycles. The molecule has 3 heteroatoms. The smallest absolute Gasteiger partial charge is 0.125 e. The summed E-state index contributed by atoms with van der Waals surface area (Å²) in [5, 5.41) is 0. The van der Waals surface area contributed by atoms with E-state index in [4.69, 9.17) is 10.5 Å². The molecule has 1 atom stereocenters. The summed E-state index contributed by atoms with van der Waals surface area (Å²) in [5.74, 6) is 0.925. The molecule has 0 saturated heterocycles. The van der Waals surface area contributed by atoms with Gasteiger partial charge in [0.2, 0.25) is 0 Å². The lowest BCUT2D eigenvalue weighted by Crippen LogP contribution is -2.11. The highest BCUT2D eigenvalue weighted by Crippen LogP contribution is 2.35. The highest BCUT2D eigenvalue weighted by atomic mass is 79.9. The van der Waals surface area contributed by atoms with Gasteiger partial charge in [0, 0.05) is 10.0 Å². The van der Waals surface area contributed by atoms with Crippen molar-refractivity contribution in [1.82, 2.24) is 0 Å². The van der Waals surface area contributed by atoms with Crippen LogP contribution in [0.4, 0.5) is 0 Å². The van der Waals surface area contributed by atoms with E-state index >= 15 is 0 Å². The quantitative estimate of drug-likeness (QED) is 0.738. The highest BCUT2D eigenvalue weighted by Gasteiger charge is 2.22. The lowest BCUT2D eigenvalue weighted by molar-refractivity contribution is 0.333. The van der Waals surface area contributed by atoms with Crippen LogP contribution in [0, 0.1) is 6.92 Å². The highest BCUT2D eigenvalue weighted by molar-refractivity contribution is 9.10. The van der Waals surface area contributed by atoms with Crippen LogP contribution in [0.15, 0.2) is 16.6 Å². The molecule has 0 amide bonds. The van der Waals surface area contributed by atoms with Crippen LogP contribution < -0.4 is 10.5 Å². The molecule has 2 N–H and O–H groups in total. The molecule has 1 aliphatic rings. The van der Waals surface area contributed by atoms with E-state index in [0.717, 1.165) is 15.8 Å². The Morgan fingerprint density at radius 1 is 1.58 bits per heavy atom. The monoisotopic (exact) mass is 227 g/mol. The van der Waals surface area contributed by atoms with E-state index in [1.165, 1.54) is 5.56 Å². The van der Waals surface area contributed by atoms with Crippen molar-refractivity contribution >= 4 is 15.9 Å². The van der Waals surface area contributed by atoms with Gasteiger partial charge in [-0.1, -0.05) is 15.9 Å². The van der Waals surface area contributed by atoms with Crippen LogP contribution in [0.1, 0.15) is 17.2 Å². The summed E-state index contributed by atoms with van der Waals surface area (Å²) >= 11 is 3.41. The minimum atomic E-state index is 0.0492. The molecule has 0 unspecified atom stereocenters. The molecule has 0 spiro atoms. The Bertz CT molecular complexity index is 325. The van der Waals surface area contributed by atoms with E-state index in [1.807, 2.05) is 6.07 Å². The van der Waals surface area contributed by atoms with Crippen molar-refractivity contribution in [2.24, 2.45) is 5.73 Å². The van der Waals surface area contributed by atoms with Gasteiger partial charge in [0.25, 0.3) is 0 Å². The van der Waals surface area contributed by atoms with Crippen molar-refractivity contribution in [1.29, 1.82) is 0 Å². The molecule has 0 saturated carbocycles. The number of hydrogen-bond donors (Lipinski definition) is 1. The maximum Gasteiger partial charge on any atom is 0.125 e. The number of rotatable bonds is 0. The van der Waals surface area contributed by atoms with Gasteiger partial charge in [0.15, 0.2) is 0 Å². The molecule has 2 nitrogen and oxygen atoms in total. The maximum absolute atomic E-state index is 5.86. The zero-order valence-corrected chi connectivity index (χ0v) is 8.39. The zero-order valence-electron chi connectivity index (χ0n) is 6.80.